The number of rotatable bonds is 2. The molecule has 0 spiro atoms. The van der Waals surface area contributed by atoms with Crippen LogP contribution in [-0.2, 0) is 6.54 Å². The minimum Gasteiger partial charge on any atom is -0.316 e. The molecule has 1 unspecified atom stereocenters. The summed E-state index contributed by atoms with van der Waals surface area (Å²) in [4.78, 5) is 0. The standard InChI is InChI=1S/C7H11N5/c1-5-6(2-8-1)7(5)3-12-4-9-10-11-12/h4-8H,1-3H2/t5-,6+,7?. The first kappa shape index (κ1) is 6.54. The maximum absolute atomic E-state index is 3.86. The van der Waals surface area contributed by atoms with Gasteiger partial charge in [0.15, 0.2) is 0 Å². The summed E-state index contributed by atoms with van der Waals surface area (Å²) in [6, 6.07) is 0. The van der Waals surface area contributed by atoms with Crippen LogP contribution in [-0.4, -0.2) is 33.3 Å². The van der Waals surface area contributed by atoms with Crippen LogP contribution in [0, 0.1) is 17.8 Å². The Balaban J connectivity index is 1.65. The Hall–Kier alpha value is -0.970. The van der Waals surface area contributed by atoms with Crippen LogP contribution in [0.25, 0.3) is 0 Å². The van der Waals surface area contributed by atoms with Gasteiger partial charge in [0.1, 0.15) is 6.33 Å². The van der Waals surface area contributed by atoms with Gasteiger partial charge in [0, 0.05) is 6.54 Å². The summed E-state index contributed by atoms with van der Waals surface area (Å²) in [7, 11) is 0. The topological polar surface area (TPSA) is 55.6 Å². The van der Waals surface area contributed by atoms with E-state index in [-0.39, 0.29) is 0 Å². The number of nitrogens with zero attached hydrogens (tertiary/aromatic N) is 4. The highest BCUT2D eigenvalue weighted by Gasteiger charge is 2.52. The molecule has 1 aliphatic carbocycles. The third-order valence-electron chi connectivity index (χ3n) is 3.06. The Morgan fingerprint density at radius 2 is 2.25 bits per heavy atom. The lowest BCUT2D eigenvalue weighted by Crippen LogP contribution is -2.17. The molecule has 0 bridgehead atoms. The van der Waals surface area contributed by atoms with E-state index in [1.807, 2.05) is 4.68 Å². The summed E-state index contributed by atoms with van der Waals surface area (Å²) in [5.74, 6) is 2.62. The first-order valence-electron chi connectivity index (χ1n) is 4.36. The highest BCUT2D eigenvalue weighted by molar-refractivity contribution is 5.03. The van der Waals surface area contributed by atoms with Crippen molar-refractivity contribution >= 4 is 0 Å². The molecule has 1 saturated carbocycles. The molecule has 64 valence electrons. The zero-order valence-corrected chi connectivity index (χ0v) is 6.72. The Labute approximate surface area is 70.1 Å². The third kappa shape index (κ3) is 0.859. The fourth-order valence-electron chi connectivity index (χ4n) is 2.30. The molecule has 1 saturated heterocycles. The smallest absolute Gasteiger partial charge is 0.138 e. The van der Waals surface area contributed by atoms with Crippen LogP contribution in [0.3, 0.4) is 0 Å². The van der Waals surface area contributed by atoms with Gasteiger partial charge in [-0.3, -0.25) is 0 Å². The molecule has 0 radical (unpaired) electrons. The molecule has 5 heteroatoms. The first-order chi connectivity index (χ1) is 5.95. The first-order valence-corrected chi connectivity index (χ1v) is 4.36. The van der Waals surface area contributed by atoms with Crippen LogP contribution in [0.15, 0.2) is 6.33 Å². The van der Waals surface area contributed by atoms with Crippen molar-refractivity contribution in [2.45, 2.75) is 6.54 Å². The van der Waals surface area contributed by atoms with Crippen molar-refractivity contribution < 1.29 is 0 Å². The minimum absolute atomic E-state index is 0.828. The summed E-state index contributed by atoms with van der Waals surface area (Å²) < 4.78 is 1.84. The zero-order valence-electron chi connectivity index (χ0n) is 6.72. The summed E-state index contributed by atoms with van der Waals surface area (Å²) in [5.41, 5.74) is 0. The summed E-state index contributed by atoms with van der Waals surface area (Å²) in [6.45, 7) is 3.39. The molecule has 2 fully saturated rings. The average molecular weight is 165 g/mol. The number of hydrogen-bond acceptors (Lipinski definition) is 4. The van der Waals surface area contributed by atoms with E-state index in [2.05, 4.69) is 20.8 Å². The van der Waals surface area contributed by atoms with Crippen molar-refractivity contribution in [3.05, 3.63) is 6.33 Å². The van der Waals surface area contributed by atoms with Crippen LogP contribution >= 0.6 is 0 Å². The van der Waals surface area contributed by atoms with Gasteiger partial charge in [0.25, 0.3) is 0 Å². The molecule has 3 rings (SSSR count). The molecule has 1 aliphatic heterocycles. The number of piperidine rings is 1. The SMILES string of the molecule is c1nnnn1CC1[C@H]2CNC[C@@H]12. The molecule has 5 nitrogen and oxygen atoms in total. The van der Waals surface area contributed by atoms with Gasteiger partial charge >= 0.3 is 0 Å². The maximum Gasteiger partial charge on any atom is 0.138 e. The van der Waals surface area contributed by atoms with E-state index < -0.39 is 0 Å². The number of nitrogens with one attached hydrogen (secondary N) is 1. The van der Waals surface area contributed by atoms with Gasteiger partial charge in [-0.05, 0) is 41.3 Å². The monoisotopic (exact) mass is 165 g/mol. The van der Waals surface area contributed by atoms with E-state index in [0.29, 0.717) is 0 Å². The van der Waals surface area contributed by atoms with E-state index in [1.165, 1.54) is 13.1 Å². The predicted molar refractivity (Wildman–Crippen MR) is 41.2 cm³/mol. The quantitative estimate of drug-likeness (QED) is 0.619. The summed E-state index contributed by atoms with van der Waals surface area (Å²) >= 11 is 0. The van der Waals surface area contributed by atoms with Crippen LogP contribution in [0.2, 0.25) is 0 Å². The van der Waals surface area contributed by atoms with Crippen LogP contribution in [0.5, 0.6) is 0 Å². The van der Waals surface area contributed by atoms with Gasteiger partial charge in [-0.15, -0.1) is 5.10 Å². The van der Waals surface area contributed by atoms with Crippen LogP contribution < -0.4 is 5.32 Å². The summed E-state index contributed by atoms with van der Waals surface area (Å²) in [5, 5.41) is 14.5. The lowest BCUT2D eigenvalue weighted by Gasteiger charge is -2.02. The third-order valence-corrected chi connectivity index (χ3v) is 3.06. The van der Waals surface area contributed by atoms with Gasteiger partial charge in [0.2, 0.25) is 0 Å². The van der Waals surface area contributed by atoms with Gasteiger partial charge < -0.3 is 5.32 Å². The Bertz CT molecular complexity index is 259. The van der Waals surface area contributed by atoms with Gasteiger partial charge in [-0.25, -0.2) is 4.68 Å². The zero-order chi connectivity index (χ0) is 7.97. The molecule has 1 N–H and O–H groups in total. The van der Waals surface area contributed by atoms with Crippen LogP contribution in [0.4, 0.5) is 0 Å². The minimum atomic E-state index is 0.828. The van der Waals surface area contributed by atoms with Gasteiger partial charge in [-0.1, -0.05) is 0 Å². The van der Waals surface area contributed by atoms with Crippen molar-refractivity contribution in [3.63, 3.8) is 0 Å². The molecule has 0 amide bonds. The molecule has 2 heterocycles. The molecule has 12 heavy (non-hydrogen) atoms. The molecule has 3 atom stereocenters. The van der Waals surface area contributed by atoms with Crippen molar-refractivity contribution in [3.8, 4) is 0 Å². The highest BCUT2D eigenvalue weighted by Crippen LogP contribution is 2.49. The Morgan fingerprint density at radius 3 is 2.92 bits per heavy atom. The summed E-state index contributed by atoms with van der Waals surface area (Å²) in [6.07, 6.45) is 1.70. The van der Waals surface area contributed by atoms with Gasteiger partial charge in [-0.2, -0.15) is 0 Å². The van der Waals surface area contributed by atoms with E-state index in [9.17, 15) is 0 Å². The Kier molecular flexibility index (Phi) is 1.23. The van der Waals surface area contributed by atoms with Crippen molar-refractivity contribution in [1.82, 2.24) is 25.5 Å². The molecular weight excluding hydrogens is 154 g/mol. The van der Waals surface area contributed by atoms with E-state index in [4.69, 9.17) is 0 Å². The lowest BCUT2D eigenvalue weighted by molar-refractivity contribution is 0.474. The second-order valence-electron chi connectivity index (χ2n) is 3.68. The largest absolute Gasteiger partial charge is 0.316 e. The number of tetrazole rings is 1. The molecule has 1 aromatic heterocycles. The van der Waals surface area contributed by atoms with Crippen LogP contribution in [0.1, 0.15) is 0 Å². The number of fused-ring (bicyclic) bond motifs is 1. The highest BCUT2D eigenvalue weighted by atomic mass is 15.5. The Morgan fingerprint density at radius 1 is 1.42 bits per heavy atom. The maximum atomic E-state index is 3.86. The van der Waals surface area contributed by atoms with E-state index in [1.54, 1.807) is 6.33 Å². The molecular formula is C7H11N5. The number of hydrogen-bond donors (Lipinski definition) is 1. The van der Waals surface area contributed by atoms with Gasteiger partial charge in [0.05, 0.1) is 0 Å². The van der Waals surface area contributed by atoms with Crippen molar-refractivity contribution in [1.29, 1.82) is 0 Å². The lowest BCUT2D eigenvalue weighted by atomic mass is 10.3. The molecule has 1 aromatic rings. The fraction of sp³-hybridized carbons (Fsp3) is 0.857. The molecule has 2 aliphatic rings. The average Bonchev–Trinajstić information content (AvgIpc) is 2.59. The second-order valence-corrected chi connectivity index (χ2v) is 3.68. The predicted octanol–water partition coefficient (Wildman–Crippen LogP) is -0.862. The molecule has 0 aromatic carbocycles. The van der Waals surface area contributed by atoms with E-state index in [0.717, 1.165) is 24.3 Å². The second kappa shape index (κ2) is 2.26. The number of aromatic nitrogens is 4. The van der Waals surface area contributed by atoms with Crippen molar-refractivity contribution in [2.24, 2.45) is 17.8 Å². The fourth-order valence-corrected chi connectivity index (χ4v) is 2.30. The van der Waals surface area contributed by atoms with E-state index >= 15 is 0 Å². The normalized spacial score (nSPS) is 38.2. The van der Waals surface area contributed by atoms with Crippen molar-refractivity contribution in [2.75, 3.05) is 13.1 Å².